The minimum absolute atomic E-state index is 0.0185. The topological polar surface area (TPSA) is 120 Å². The van der Waals surface area contributed by atoms with E-state index in [0.717, 1.165) is 11.3 Å². The number of aryl methyl sites for hydroxylation is 1. The molecule has 0 N–H and O–H groups in total. The molecule has 0 atom stereocenters. The molecule has 1 aliphatic heterocycles. The zero-order chi connectivity index (χ0) is 23.5. The number of rotatable bonds is 6. The summed E-state index contributed by atoms with van der Waals surface area (Å²) < 4.78 is 6.64. The van der Waals surface area contributed by atoms with Crippen molar-refractivity contribution < 1.29 is 19.2 Å². The summed E-state index contributed by atoms with van der Waals surface area (Å²) in [7, 11) is 0. The molecule has 0 saturated heterocycles. The summed E-state index contributed by atoms with van der Waals surface area (Å²) in [6, 6.07) is 11.5. The first-order chi connectivity index (χ1) is 15.9. The summed E-state index contributed by atoms with van der Waals surface area (Å²) in [6.45, 7) is 4.02. The molecule has 0 bridgehead atoms. The molecule has 2 aromatic carbocycles. The van der Waals surface area contributed by atoms with Crippen LogP contribution in [0.4, 0.5) is 11.4 Å². The van der Waals surface area contributed by atoms with Crippen molar-refractivity contribution in [1.29, 1.82) is 0 Å². The lowest BCUT2D eigenvalue weighted by Crippen LogP contribution is -2.25. The van der Waals surface area contributed by atoms with Crippen molar-refractivity contribution in [3.63, 3.8) is 0 Å². The molecule has 0 spiro atoms. The SMILES string of the molecule is CCOC(=O)C1=CN(Cc2cn(-c3ccc([N+](=O)[O-])cc3)nn2)c2ccc(C)cc2C1=C=O. The van der Waals surface area contributed by atoms with Crippen molar-refractivity contribution in [2.75, 3.05) is 11.5 Å². The van der Waals surface area contributed by atoms with Gasteiger partial charge in [0.05, 0.1) is 41.1 Å². The van der Waals surface area contributed by atoms with E-state index >= 15 is 0 Å². The van der Waals surface area contributed by atoms with Crippen LogP contribution >= 0.6 is 0 Å². The number of ether oxygens (including phenoxy) is 1. The summed E-state index contributed by atoms with van der Waals surface area (Å²) >= 11 is 0. The van der Waals surface area contributed by atoms with Gasteiger partial charge in [-0.2, -0.15) is 0 Å². The maximum atomic E-state index is 12.5. The van der Waals surface area contributed by atoms with E-state index in [-0.39, 0.29) is 30.0 Å². The van der Waals surface area contributed by atoms with Crippen molar-refractivity contribution in [2.45, 2.75) is 20.4 Å². The number of nitro groups is 1. The van der Waals surface area contributed by atoms with Crippen molar-refractivity contribution in [2.24, 2.45) is 0 Å². The molecule has 0 fully saturated rings. The van der Waals surface area contributed by atoms with Crippen LogP contribution in [0.3, 0.4) is 0 Å². The number of nitrogens with zero attached hydrogens (tertiary/aromatic N) is 5. The zero-order valence-electron chi connectivity index (χ0n) is 17.9. The summed E-state index contributed by atoms with van der Waals surface area (Å²) in [6.07, 6.45) is 3.25. The molecule has 33 heavy (non-hydrogen) atoms. The van der Waals surface area contributed by atoms with E-state index in [0.29, 0.717) is 16.9 Å². The third-order valence-corrected chi connectivity index (χ3v) is 5.08. The number of aromatic nitrogens is 3. The van der Waals surface area contributed by atoms with Gasteiger partial charge in [0.15, 0.2) is 0 Å². The first-order valence-electron chi connectivity index (χ1n) is 10.1. The molecule has 166 valence electrons. The predicted molar refractivity (Wildman–Crippen MR) is 119 cm³/mol. The molecule has 0 amide bonds. The van der Waals surface area contributed by atoms with Gasteiger partial charge in [0, 0.05) is 29.6 Å². The first-order valence-corrected chi connectivity index (χ1v) is 10.1. The van der Waals surface area contributed by atoms with Gasteiger partial charge < -0.3 is 9.64 Å². The standard InChI is InChI=1S/C23H19N5O5/c1-3-33-23(30)20-13-26(22-9-4-15(2)10-19(22)21(20)14-29)11-16-12-27(25-24-16)17-5-7-18(8-6-17)28(31)32/h4-10,12-13H,3,11H2,1-2H3. The van der Waals surface area contributed by atoms with E-state index in [1.165, 1.54) is 16.8 Å². The normalized spacial score (nSPS) is 12.6. The highest BCUT2D eigenvalue weighted by Crippen LogP contribution is 2.37. The highest BCUT2D eigenvalue weighted by Gasteiger charge is 2.29. The fourth-order valence-electron chi connectivity index (χ4n) is 3.54. The van der Waals surface area contributed by atoms with Gasteiger partial charge in [0.1, 0.15) is 11.6 Å². The first kappa shape index (κ1) is 21.7. The summed E-state index contributed by atoms with van der Waals surface area (Å²) in [5, 5.41) is 19.1. The molecule has 1 aromatic heterocycles. The lowest BCUT2D eigenvalue weighted by atomic mass is 9.93. The van der Waals surface area contributed by atoms with E-state index in [1.807, 2.05) is 31.1 Å². The Morgan fingerprint density at radius 1 is 1.21 bits per heavy atom. The van der Waals surface area contributed by atoms with E-state index < -0.39 is 10.9 Å². The molecule has 0 saturated carbocycles. The minimum Gasteiger partial charge on any atom is -0.462 e. The van der Waals surface area contributed by atoms with E-state index in [9.17, 15) is 19.7 Å². The number of non-ortho nitro benzene ring substituents is 1. The Balaban J connectivity index is 1.68. The monoisotopic (exact) mass is 445 g/mol. The second-order valence-corrected chi connectivity index (χ2v) is 7.32. The minimum atomic E-state index is -0.609. The number of hydrogen-bond acceptors (Lipinski definition) is 8. The Morgan fingerprint density at radius 2 is 1.97 bits per heavy atom. The highest BCUT2D eigenvalue weighted by molar-refractivity contribution is 6.16. The number of nitro benzene ring substituents is 1. The van der Waals surface area contributed by atoms with Gasteiger partial charge in [-0.05, 0) is 38.1 Å². The third-order valence-electron chi connectivity index (χ3n) is 5.08. The van der Waals surface area contributed by atoms with Gasteiger partial charge in [0.2, 0.25) is 0 Å². The lowest BCUT2D eigenvalue weighted by Gasteiger charge is -2.28. The van der Waals surface area contributed by atoms with Gasteiger partial charge >= 0.3 is 5.97 Å². The second-order valence-electron chi connectivity index (χ2n) is 7.32. The summed E-state index contributed by atoms with van der Waals surface area (Å²) in [4.78, 5) is 36.5. The number of carbonyl (C=O) groups is 1. The highest BCUT2D eigenvalue weighted by atomic mass is 16.6. The Bertz CT molecular complexity index is 1320. The largest absolute Gasteiger partial charge is 0.462 e. The zero-order valence-corrected chi connectivity index (χ0v) is 17.9. The van der Waals surface area contributed by atoms with Gasteiger partial charge in [-0.3, -0.25) is 10.1 Å². The molecule has 2 heterocycles. The van der Waals surface area contributed by atoms with Gasteiger partial charge in [-0.15, -0.1) is 5.10 Å². The fraction of sp³-hybridized carbons (Fsp3) is 0.174. The Kier molecular flexibility index (Phi) is 5.84. The second kappa shape index (κ2) is 8.89. The van der Waals surface area contributed by atoms with Crippen LogP contribution in [-0.2, 0) is 20.9 Å². The average molecular weight is 445 g/mol. The molecule has 0 unspecified atom stereocenters. The Morgan fingerprint density at radius 3 is 2.64 bits per heavy atom. The molecule has 0 radical (unpaired) electrons. The van der Waals surface area contributed by atoms with Crippen LogP contribution in [0.2, 0.25) is 0 Å². The number of carbonyl (C=O) groups excluding carboxylic acids is 2. The number of esters is 1. The maximum absolute atomic E-state index is 12.5. The third kappa shape index (κ3) is 4.28. The smallest absolute Gasteiger partial charge is 0.341 e. The molecule has 0 aliphatic carbocycles. The molecule has 4 rings (SSSR count). The molecular weight excluding hydrogens is 426 g/mol. The van der Waals surface area contributed by atoms with Crippen LogP contribution < -0.4 is 4.90 Å². The van der Waals surface area contributed by atoms with E-state index in [1.54, 1.807) is 36.4 Å². The van der Waals surface area contributed by atoms with Crippen LogP contribution in [0, 0.1) is 17.0 Å². The quantitative estimate of drug-likeness (QED) is 0.246. The van der Waals surface area contributed by atoms with E-state index in [2.05, 4.69) is 10.3 Å². The molecule has 10 nitrogen and oxygen atoms in total. The molecule has 10 heteroatoms. The fourth-order valence-corrected chi connectivity index (χ4v) is 3.54. The lowest BCUT2D eigenvalue weighted by molar-refractivity contribution is -0.384. The molecular formula is C23H19N5O5. The number of fused-ring (bicyclic) bond motifs is 1. The number of anilines is 1. The van der Waals surface area contributed by atoms with Gasteiger partial charge in [-0.1, -0.05) is 16.8 Å². The van der Waals surface area contributed by atoms with Crippen LogP contribution in [-0.4, -0.2) is 38.4 Å². The van der Waals surface area contributed by atoms with Crippen LogP contribution in [0.15, 0.2) is 60.4 Å². The number of hydrogen-bond donors (Lipinski definition) is 0. The number of benzene rings is 2. The Hall–Kier alpha value is -4.56. The van der Waals surface area contributed by atoms with Crippen molar-refractivity contribution in [3.8, 4) is 5.69 Å². The van der Waals surface area contributed by atoms with Crippen LogP contribution in [0.5, 0.6) is 0 Å². The van der Waals surface area contributed by atoms with Crippen LogP contribution in [0.1, 0.15) is 23.7 Å². The summed E-state index contributed by atoms with van der Waals surface area (Å²) in [5.74, 6) is 1.28. The van der Waals surface area contributed by atoms with Crippen LogP contribution in [0.25, 0.3) is 11.3 Å². The average Bonchev–Trinajstić information content (AvgIpc) is 3.27. The molecule has 1 aliphatic rings. The van der Waals surface area contributed by atoms with Crippen molar-refractivity contribution >= 4 is 28.9 Å². The van der Waals surface area contributed by atoms with Crippen molar-refractivity contribution in [3.05, 3.63) is 87.4 Å². The Labute approximate surface area is 188 Å². The maximum Gasteiger partial charge on any atom is 0.341 e. The van der Waals surface area contributed by atoms with Gasteiger partial charge in [-0.25, -0.2) is 14.3 Å². The van der Waals surface area contributed by atoms with Crippen molar-refractivity contribution in [1.82, 2.24) is 15.0 Å². The van der Waals surface area contributed by atoms with Gasteiger partial charge in [0.25, 0.3) is 5.69 Å². The van der Waals surface area contributed by atoms with E-state index in [4.69, 9.17) is 4.74 Å². The molecule has 3 aromatic rings. The summed E-state index contributed by atoms with van der Waals surface area (Å²) in [5.41, 5.74) is 3.67. The predicted octanol–water partition coefficient (Wildman–Crippen LogP) is 3.17.